The summed E-state index contributed by atoms with van der Waals surface area (Å²) in [6.45, 7) is 3.98. The first kappa shape index (κ1) is 24.1. The number of carbonyl (C=O) groups is 1. The van der Waals surface area contributed by atoms with Crippen molar-refractivity contribution in [2.45, 2.75) is 26.7 Å². The molecule has 0 bridgehead atoms. The molecule has 1 N–H and O–H groups in total. The summed E-state index contributed by atoms with van der Waals surface area (Å²) in [6.07, 6.45) is 0.925. The Labute approximate surface area is 205 Å². The number of nitrogens with one attached hydrogen (secondary N) is 1. The van der Waals surface area contributed by atoms with Gasteiger partial charge < -0.3 is 19.7 Å². The maximum Gasteiger partial charge on any atom is 0.224 e. The number of rotatable bonds is 8. The fourth-order valence-electron chi connectivity index (χ4n) is 4.14. The van der Waals surface area contributed by atoms with Crippen molar-refractivity contribution >= 4 is 22.9 Å². The van der Waals surface area contributed by atoms with E-state index in [1.165, 1.54) is 0 Å². The normalized spacial score (nSPS) is 10.9. The summed E-state index contributed by atoms with van der Waals surface area (Å²) in [4.78, 5) is 19.4. The molecule has 1 amide bonds. The topological polar surface area (TPSA) is 81.0 Å². The number of anilines is 2. The number of amides is 1. The van der Waals surface area contributed by atoms with E-state index in [9.17, 15) is 4.79 Å². The van der Waals surface area contributed by atoms with Crippen LogP contribution in [0.25, 0.3) is 16.9 Å². The summed E-state index contributed by atoms with van der Waals surface area (Å²) >= 11 is 0. The minimum Gasteiger partial charge on any atom is -0.497 e. The summed E-state index contributed by atoms with van der Waals surface area (Å²) in [5, 5.41) is 7.77. The van der Waals surface area contributed by atoms with Crippen LogP contribution in [0.4, 0.5) is 11.4 Å². The van der Waals surface area contributed by atoms with E-state index in [-0.39, 0.29) is 5.91 Å². The first-order valence-electron chi connectivity index (χ1n) is 11.5. The van der Waals surface area contributed by atoms with E-state index in [1.807, 2.05) is 85.9 Å². The number of aryl methyl sites for hydroxylation is 2. The lowest BCUT2D eigenvalue weighted by atomic mass is 10.1. The van der Waals surface area contributed by atoms with Gasteiger partial charge in [0.05, 0.1) is 19.9 Å². The van der Waals surface area contributed by atoms with E-state index in [2.05, 4.69) is 5.32 Å². The van der Waals surface area contributed by atoms with Crippen molar-refractivity contribution < 1.29 is 14.3 Å². The first-order chi connectivity index (χ1) is 16.8. The van der Waals surface area contributed by atoms with Gasteiger partial charge in [-0.15, -0.1) is 0 Å². The van der Waals surface area contributed by atoms with Crippen molar-refractivity contribution in [1.82, 2.24) is 14.6 Å². The molecule has 4 aromatic rings. The maximum atomic E-state index is 12.6. The minimum absolute atomic E-state index is 0.0365. The molecule has 0 saturated carbocycles. The lowest BCUT2D eigenvalue weighted by molar-refractivity contribution is -0.116. The van der Waals surface area contributed by atoms with Crippen molar-refractivity contribution in [3.05, 3.63) is 65.5 Å². The molecule has 0 saturated heterocycles. The Morgan fingerprint density at radius 1 is 1.03 bits per heavy atom. The zero-order valence-electron chi connectivity index (χ0n) is 21.0. The Morgan fingerprint density at radius 3 is 2.43 bits per heavy atom. The maximum absolute atomic E-state index is 12.6. The average Bonchev–Trinajstić information content (AvgIpc) is 3.27. The number of ether oxygens (including phenoxy) is 2. The molecule has 0 radical (unpaired) electrons. The molecular formula is C27H31N5O3. The lowest BCUT2D eigenvalue weighted by Crippen LogP contribution is -2.14. The van der Waals surface area contributed by atoms with Crippen molar-refractivity contribution in [2.75, 3.05) is 38.5 Å². The molecule has 0 aliphatic heterocycles. The van der Waals surface area contributed by atoms with Crippen LogP contribution in [0.2, 0.25) is 0 Å². The van der Waals surface area contributed by atoms with Crippen LogP contribution in [0.3, 0.4) is 0 Å². The summed E-state index contributed by atoms with van der Waals surface area (Å²) in [5.74, 6) is 1.36. The average molecular weight is 474 g/mol. The summed E-state index contributed by atoms with van der Waals surface area (Å²) in [5.41, 5.74) is 7.12. The standard InChI is InChI=1S/C27H31N5O3/c1-17-22(13-14-27(33)29-19-7-9-20(10-8-19)31(3)4)18(2)32-26(28-17)16-24(30-32)23-12-11-21(34-5)15-25(23)35-6/h7-12,15-16H,13-14H2,1-6H3,(H,29,33). The number of benzene rings is 2. The zero-order chi connectivity index (χ0) is 25.1. The predicted octanol–water partition coefficient (Wildman–Crippen LogP) is 4.67. The lowest BCUT2D eigenvalue weighted by Gasteiger charge is -2.13. The van der Waals surface area contributed by atoms with E-state index in [4.69, 9.17) is 19.6 Å². The van der Waals surface area contributed by atoms with Crippen LogP contribution in [-0.2, 0) is 11.2 Å². The SMILES string of the molecule is COc1ccc(-c2cc3nc(C)c(CCC(=O)Nc4ccc(N(C)C)cc4)c(C)n3n2)c(OC)c1. The smallest absolute Gasteiger partial charge is 0.224 e. The van der Waals surface area contributed by atoms with Gasteiger partial charge in [-0.05, 0) is 62.2 Å². The molecule has 4 rings (SSSR count). The van der Waals surface area contributed by atoms with Gasteiger partial charge >= 0.3 is 0 Å². The third-order valence-electron chi connectivity index (χ3n) is 6.12. The highest BCUT2D eigenvalue weighted by atomic mass is 16.5. The Hall–Kier alpha value is -4.07. The highest BCUT2D eigenvalue weighted by molar-refractivity contribution is 5.91. The van der Waals surface area contributed by atoms with Gasteiger partial charge in [-0.2, -0.15) is 5.10 Å². The van der Waals surface area contributed by atoms with E-state index in [0.29, 0.717) is 24.3 Å². The van der Waals surface area contributed by atoms with Gasteiger partial charge in [0.25, 0.3) is 0 Å². The largest absolute Gasteiger partial charge is 0.497 e. The van der Waals surface area contributed by atoms with Crippen LogP contribution in [-0.4, -0.2) is 48.8 Å². The summed E-state index contributed by atoms with van der Waals surface area (Å²) in [6, 6.07) is 15.4. The molecule has 8 heteroatoms. The van der Waals surface area contributed by atoms with Crippen molar-refractivity contribution in [3.63, 3.8) is 0 Å². The minimum atomic E-state index is -0.0365. The molecule has 2 aromatic carbocycles. The predicted molar refractivity (Wildman–Crippen MR) is 139 cm³/mol. The number of methoxy groups -OCH3 is 2. The van der Waals surface area contributed by atoms with Gasteiger partial charge in [-0.3, -0.25) is 4.79 Å². The Kier molecular flexibility index (Phi) is 6.91. The highest BCUT2D eigenvalue weighted by Crippen LogP contribution is 2.33. The number of fused-ring (bicyclic) bond motifs is 1. The zero-order valence-corrected chi connectivity index (χ0v) is 21.0. The number of hydrogen-bond donors (Lipinski definition) is 1. The van der Waals surface area contributed by atoms with E-state index < -0.39 is 0 Å². The molecule has 0 spiro atoms. The summed E-state index contributed by atoms with van der Waals surface area (Å²) in [7, 11) is 7.22. The van der Waals surface area contributed by atoms with Crippen molar-refractivity contribution in [1.29, 1.82) is 0 Å². The van der Waals surface area contributed by atoms with Crippen molar-refractivity contribution in [3.8, 4) is 22.8 Å². The number of aromatic nitrogens is 3. The Bertz CT molecular complexity index is 1360. The van der Waals surface area contributed by atoms with E-state index >= 15 is 0 Å². The molecule has 8 nitrogen and oxygen atoms in total. The monoisotopic (exact) mass is 473 g/mol. The molecule has 0 atom stereocenters. The third-order valence-corrected chi connectivity index (χ3v) is 6.12. The summed E-state index contributed by atoms with van der Waals surface area (Å²) < 4.78 is 12.7. The van der Waals surface area contributed by atoms with Gasteiger partial charge in [0.15, 0.2) is 5.65 Å². The van der Waals surface area contributed by atoms with Gasteiger partial charge in [-0.1, -0.05) is 0 Å². The number of hydrogen-bond acceptors (Lipinski definition) is 6. The molecule has 0 aliphatic rings. The third kappa shape index (κ3) is 5.06. The molecule has 35 heavy (non-hydrogen) atoms. The van der Waals surface area contributed by atoms with Gasteiger partial charge in [0.2, 0.25) is 5.91 Å². The second kappa shape index (κ2) is 10.0. The second-order valence-corrected chi connectivity index (χ2v) is 8.62. The molecular weight excluding hydrogens is 442 g/mol. The van der Waals surface area contributed by atoms with Crippen LogP contribution in [0.15, 0.2) is 48.5 Å². The van der Waals surface area contributed by atoms with Gasteiger partial charge in [0.1, 0.15) is 11.5 Å². The van der Waals surface area contributed by atoms with Crippen LogP contribution >= 0.6 is 0 Å². The second-order valence-electron chi connectivity index (χ2n) is 8.62. The van der Waals surface area contributed by atoms with Gasteiger partial charge in [-0.25, -0.2) is 9.50 Å². The van der Waals surface area contributed by atoms with Crippen LogP contribution in [0, 0.1) is 13.8 Å². The van der Waals surface area contributed by atoms with Gasteiger partial charge in [0, 0.05) is 61.0 Å². The number of carbonyl (C=O) groups excluding carboxylic acids is 1. The van der Waals surface area contributed by atoms with Crippen LogP contribution in [0.5, 0.6) is 11.5 Å². The molecule has 0 aliphatic carbocycles. The molecule has 2 heterocycles. The molecule has 0 fully saturated rings. The van der Waals surface area contributed by atoms with Crippen LogP contribution in [0.1, 0.15) is 23.4 Å². The Morgan fingerprint density at radius 2 is 1.77 bits per heavy atom. The Balaban J connectivity index is 1.54. The van der Waals surface area contributed by atoms with Crippen molar-refractivity contribution in [2.24, 2.45) is 0 Å². The van der Waals surface area contributed by atoms with Crippen LogP contribution < -0.4 is 19.7 Å². The molecule has 2 aromatic heterocycles. The molecule has 182 valence electrons. The fraction of sp³-hybridized carbons (Fsp3) is 0.296. The quantitative estimate of drug-likeness (QED) is 0.401. The number of nitrogens with zero attached hydrogens (tertiary/aromatic N) is 4. The highest BCUT2D eigenvalue weighted by Gasteiger charge is 2.17. The van der Waals surface area contributed by atoms with E-state index in [0.717, 1.165) is 45.2 Å². The first-order valence-corrected chi connectivity index (χ1v) is 11.5. The van der Waals surface area contributed by atoms with E-state index in [1.54, 1.807) is 14.2 Å². The fourth-order valence-corrected chi connectivity index (χ4v) is 4.14. The molecule has 0 unspecified atom stereocenters.